The number of rotatable bonds is 6. The molecule has 2 aromatic heterocycles. The molecule has 5 nitrogen and oxygen atoms in total. The Morgan fingerprint density at radius 1 is 1.17 bits per heavy atom. The summed E-state index contributed by atoms with van der Waals surface area (Å²) in [5.41, 5.74) is 2.43. The number of benzene rings is 1. The van der Waals surface area contributed by atoms with Crippen molar-refractivity contribution < 1.29 is 19.1 Å². The Kier molecular flexibility index (Phi) is 6.41. The molecule has 0 saturated carbocycles. The summed E-state index contributed by atoms with van der Waals surface area (Å²) < 4.78 is 10.7. The van der Waals surface area contributed by atoms with Crippen molar-refractivity contribution in [2.24, 2.45) is 0 Å². The number of ether oxygens (including phenoxy) is 2. The highest BCUT2D eigenvalue weighted by molar-refractivity contribution is 7.17. The average Bonchev–Trinajstić information content (AvgIpc) is 3.37. The Labute approximate surface area is 187 Å². The second-order valence-corrected chi connectivity index (χ2v) is 9.38. The first-order chi connectivity index (χ1) is 14.5. The van der Waals surface area contributed by atoms with Gasteiger partial charge in [0.15, 0.2) is 0 Å². The molecule has 156 valence electrons. The Bertz CT molecular complexity index is 1070. The molecule has 2 heterocycles. The smallest absolute Gasteiger partial charge is 0.341 e. The number of thiophene rings is 2. The van der Waals surface area contributed by atoms with Crippen LogP contribution in [0.5, 0.6) is 5.75 Å². The van der Waals surface area contributed by atoms with Gasteiger partial charge in [-0.15, -0.1) is 22.7 Å². The summed E-state index contributed by atoms with van der Waals surface area (Å²) in [7, 11) is 1.37. The quantitative estimate of drug-likeness (QED) is 0.460. The molecule has 8 heteroatoms. The summed E-state index contributed by atoms with van der Waals surface area (Å²) in [5.74, 6) is 0.0814. The zero-order chi connectivity index (χ0) is 21.1. The third kappa shape index (κ3) is 4.53. The third-order valence-corrected chi connectivity index (χ3v) is 7.32. The van der Waals surface area contributed by atoms with E-state index in [1.54, 1.807) is 30.3 Å². The topological polar surface area (TPSA) is 64.6 Å². The fourth-order valence-corrected chi connectivity index (χ4v) is 5.59. The van der Waals surface area contributed by atoms with Gasteiger partial charge in [0.05, 0.1) is 17.6 Å². The van der Waals surface area contributed by atoms with E-state index in [9.17, 15) is 9.59 Å². The molecule has 0 atom stereocenters. The number of nitrogens with one attached hydrogen (secondary N) is 1. The highest BCUT2D eigenvalue weighted by Gasteiger charge is 2.27. The first-order valence-corrected chi connectivity index (χ1v) is 11.6. The second kappa shape index (κ2) is 9.20. The van der Waals surface area contributed by atoms with E-state index in [0.717, 1.165) is 36.8 Å². The normalized spacial score (nSPS) is 12.9. The molecule has 0 spiro atoms. The molecule has 1 aliphatic carbocycles. The Balaban J connectivity index is 1.46. The summed E-state index contributed by atoms with van der Waals surface area (Å²) in [6, 6.07) is 8.94. The van der Waals surface area contributed by atoms with E-state index in [4.69, 9.17) is 21.1 Å². The van der Waals surface area contributed by atoms with Gasteiger partial charge in [-0.3, -0.25) is 4.79 Å². The Morgan fingerprint density at radius 3 is 2.70 bits per heavy atom. The molecule has 0 unspecified atom stereocenters. The lowest BCUT2D eigenvalue weighted by Crippen LogP contribution is -2.14. The van der Waals surface area contributed by atoms with Crippen LogP contribution in [0.15, 0.2) is 35.7 Å². The minimum absolute atomic E-state index is 0.235. The fraction of sp³-hybridized carbons (Fsp3) is 0.273. The van der Waals surface area contributed by atoms with Crippen molar-refractivity contribution in [1.82, 2.24) is 0 Å². The van der Waals surface area contributed by atoms with Crippen LogP contribution >= 0.6 is 34.3 Å². The molecule has 3 aromatic rings. The van der Waals surface area contributed by atoms with Crippen molar-refractivity contribution in [3.05, 3.63) is 67.2 Å². The molecule has 1 aromatic carbocycles. The maximum Gasteiger partial charge on any atom is 0.341 e. The van der Waals surface area contributed by atoms with Crippen LogP contribution < -0.4 is 10.1 Å². The van der Waals surface area contributed by atoms with Gasteiger partial charge in [0.1, 0.15) is 17.4 Å². The zero-order valence-electron chi connectivity index (χ0n) is 16.3. The van der Waals surface area contributed by atoms with Gasteiger partial charge >= 0.3 is 5.97 Å². The summed E-state index contributed by atoms with van der Waals surface area (Å²) in [6.07, 6.45) is 3.93. The third-order valence-electron chi connectivity index (χ3n) is 4.88. The molecule has 1 N–H and O–H groups in total. The second-order valence-electron chi connectivity index (χ2n) is 6.92. The van der Waals surface area contributed by atoms with Crippen molar-refractivity contribution >= 4 is 51.2 Å². The molecule has 30 heavy (non-hydrogen) atoms. The van der Waals surface area contributed by atoms with Crippen molar-refractivity contribution in [3.8, 4) is 5.75 Å². The highest BCUT2D eigenvalue weighted by Crippen LogP contribution is 2.39. The van der Waals surface area contributed by atoms with Gasteiger partial charge in [-0.25, -0.2) is 4.79 Å². The maximum atomic E-state index is 12.8. The molecule has 0 fully saturated rings. The molecule has 1 aliphatic rings. The van der Waals surface area contributed by atoms with E-state index in [1.165, 1.54) is 34.7 Å². The van der Waals surface area contributed by atoms with E-state index in [-0.39, 0.29) is 5.91 Å². The van der Waals surface area contributed by atoms with Gasteiger partial charge in [-0.2, -0.15) is 0 Å². The molecule has 0 aliphatic heterocycles. The monoisotopic (exact) mass is 461 g/mol. The summed E-state index contributed by atoms with van der Waals surface area (Å²) >= 11 is 8.71. The van der Waals surface area contributed by atoms with Crippen LogP contribution in [-0.4, -0.2) is 19.0 Å². The van der Waals surface area contributed by atoms with Crippen LogP contribution in [0.4, 0.5) is 5.00 Å². The van der Waals surface area contributed by atoms with Gasteiger partial charge in [-0.1, -0.05) is 11.6 Å². The fourth-order valence-electron chi connectivity index (χ4n) is 3.40. The number of methoxy groups -OCH3 is 1. The summed E-state index contributed by atoms with van der Waals surface area (Å²) in [4.78, 5) is 26.9. The zero-order valence-corrected chi connectivity index (χ0v) is 18.7. The van der Waals surface area contributed by atoms with Gasteiger partial charge in [0.25, 0.3) is 5.91 Å². The number of halogens is 1. The van der Waals surface area contributed by atoms with Crippen LogP contribution in [0.25, 0.3) is 0 Å². The van der Waals surface area contributed by atoms with E-state index >= 15 is 0 Å². The number of esters is 1. The highest BCUT2D eigenvalue weighted by atomic mass is 35.5. The van der Waals surface area contributed by atoms with Crippen molar-refractivity contribution in [2.75, 3.05) is 12.4 Å². The van der Waals surface area contributed by atoms with Crippen molar-refractivity contribution in [2.45, 2.75) is 32.3 Å². The average molecular weight is 462 g/mol. The lowest BCUT2D eigenvalue weighted by Gasteiger charge is -2.11. The molecule has 0 radical (unpaired) electrons. The van der Waals surface area contributed by atoms with E-state index in [0.29, 0.717) is 32.8 Å². The van der Waals surface area contributed by atoms with Crippen LogP contribution in [0, 0.1) is 0 Å². The summed E-state index contributed by atoms with van der Waals surface area (Å²) in [5, 5.41) is 6.05. The van der Waals surface area contributed by atoms with Crippen molar-refractivity contribution in [3.63, 3.8) is 0 Å². The summed E-state index contributed by atoms with van der Waals surface area (Å²) in [6.45, 7) is 0.353. The Hall–Kier alpha value is -2.35. The Morgan fingerprint density at radius 2 is 1.93 bits per heavy atom. The molecule has 4 rings (SSSR count). The molecule has 0 saturated heterocycles. The minimum Gasteiger partial charge on any atom is -0.489 e. The number of hydrogen-bond donors (Lipinski definition) is 1. The first-order valence-electron chi connectivity index (χ1n) is 9.55. The minimum atomic E-state index is -0.395. The predicted octanol–water partition coefficient (Wildman–Crippen LogP) is 5.96. The van der Waals surface area contributed by atoms with Gasteiger partial charge in [-0.05, 0) is 67.0 Å². The number of fused-ring (bicyclic) bond motifs is 1. The lowest BCUT2D eigenvalue weighted by molar-refractivity contribution is 0.0601. The SMILES string of the molecule is COC(=O)c1c(NC(=O)c2cc(COc3ccc(Cl)cc3)cs2)sc2c1CCCC2. The van der Waals surface area contributed by atoms with Crippen LogP contribution in [0.2, 0.25) is 5.02 Å². The number of amides is 1. The number of carbonyl (C=O) groups excluding carboxylic acids is 2. The van der Waals surface area contributed by atoms with Crippen LogP contribution in [0.1, 0.15) is 48.9 Å². The molecule has 1 amide bonds. The number of anilines is 1. The number of carbonyl (C=O) groups is 2. The van der Waals surface area contributed by atoms with Gasteiger partial charge < -0.3 is 14.8 Å². The number of hydrogen-bond acceptors (Lipinski definition) is 6. The lowest BCUT2D eigenvalue weighted by atomic mass is 9.95. The predicted molar refractivity (Wildman–Crippen MR) is 120 cm³/mol. The largest absolute Gasteiger partial charge is 0.489 e. The van der Waals surface area contributed by atoms with Crippen LogP contribution in [-0.2, 0) is 24.2 Å². The maximum absolute atomic E-state index is 12.8. The van der Waals surface area contributed by atoms with Gasteiger partial charge in [0.2, 0.25) is 0 Å². The standard InChI is InChI=1S/C22H20ClNO4S2/c1-27-22(26)19-16-4-2-3-5-17(16)30-21(19)24-20(25)18-10-13(12-29-18)11-28-15-8-6-14(23)7-9-15/h6-10,12H,2-5,11H2,1H3,(H,24,25). The molecular formula is C22H20ClNO4S2. The van der Waals surface area contributed by atoms with Crippen molar-refractivity contribution in [1.29, 1.82) is 0 Å². The van der Waals surface area contributed by atoms with E-state index in [2.05, 4.69) is 5.32 Å². The molecule has 0 bridgehead atoms. The van der Waals surface area contributed by atoms with E-state index in [1.807, 2.05) is 5.38 Å². The van der Waals surface area contributed by atoms with Gasteiger partial charge in [0, 0.05) is 15.5 Å². The van der Waals surface area contributed by atoms with Crippen LogP contribution in [0.3, 0.4) is 0 Å². The van der Waals surface area contributed by atoms with E-state index < -0.39 is 5.97 Å². The molecular weight excluding hydrogens is 442 g/mol. The number of aryl methyl sites for hydroxylation is 1. The first kappa shape index (κ1) is 20.9.